The highest BCUT2D eigenvalue weighted by atomic mass is 16.6. The van der Waals surface area contributed by atoms with E-state index in [0.29, 0.717) is 5.56 Å². The minimum atomic E-state index is -0.503. The number of hydrogen-bond acceptors (Lipinski definition) is 3. The third-order valence-electron chi connectivity index (χ3n) is 2.01. The van der Waals surface area contributed by atoms with Crippen molar-refractivity contribution in [2.45, 2.75) is 26.4 Å². The summed E-state index contributed by atoms with van der Waals surface area (Å²) < 4.78 is 5.12. The molecule has 1 aromatic carbocycles. The van der Waals surface area contributed by atoms with Crippen LogP contribution in [0.3, 0.4) is 0 Å². The van der Waals surface area contributed by atoms with Gasteiger partial charge in [-0.3, -0.25) is 4.79 Å². The monoisotopic (exact) mass is 247 g/mol. The zero-order valence-electron chi connectivity index (χ0n) is 10.8. The average Bonchev–Trinajstić information content (AvgIpc) is 2.24. The van der Waals surface area contributed by atoms with Gasteiger partial charge < -0.3 is 10.5 Å². The Hall–Kier alpha value is -2.10. The van der Waals surface area contributed by atoms with Crippen LogP contribution in [0, 0.1) is 0 Å². The van der Waals surface area contributed by atoms with Crippen molar-refractivity contribution in [1.29, 1.82) is 0 Å². The van der Waals surface area contributed by atoms with Crippen LogP contribution in [-0.4, -0.2) is 17.5 Å². The van der Waals surface area contributed by atoms with E-state index in [9.17, 15) is 9.59 Å². The van der Waals surface area contributed by atoms with Crippen LogP contribution in [0.15, 0.2) is 30.3 Å². The van der Waals surface area contributed by atoms with E-state index < -0.39 is 17.5 Å². The first-order chi connectivity index (χ1) is 8.28. The van der Waals surface area contributed by atoms with Gasteiger partial charge in [-0.25, -0.2) is 4.79 Å². The highest BCUT2D eigenvalue weighted by molar-refractivity contribution is 5.93. The van der Waals surface area contributed by atoms with Crippen molar-refractivity contribution >= 4 is 18.0 Å². The summed E-state index contributed by atoms with van der Waals surface area (Å²) in [5, 5.41) is 0. The molecule has 18 heavy (non-hydrogen) atoms. The number of primary amides is 1. The molecule has 4 nitrogen and oxygen atoms in total. The molecule has 96 valence electrons. The quantitative estimate of drug-likeness (QED) is 0.657. The van der Waals surface area contributed by atoms with Crippen molar-refractivity contribution in [3.63, 3.8) is 0 Å². The van der Waals surface area contributed by atoms with Crippen molar-refractivity contribution in [3.05, 3.63) is 41.5 Å². The number of nitrogens with two attached hydrogens (primary N) is 1. The van der Waals surface area contributed by atoms with Gasteiger partial charge in [-0.1, -0.05) is 12.1 Å². The number of rotatable bonds is 3. The molecule has 0 heterocycles. The van der Waals surface area contributed by atoms with Gasteiger partial charge in [-0.15, -0.1) is 0 Å². The van der Waals surface area contributed by atoms with Gasteiger partial charge in [0, 0.05) is 11.6 Å². The molecular weight excluding hydrogens is 230 g/mol. The first kappa shape index (κ1) is 14.0. The SMILES string of the molecule is CC(C)(C)OC(=O)C=Cc1ccc(C(N)=O)cc1. The Morgan fingerprint density at radius 3 is 2.17 bits per heavy atom. The van der Waals surface area contributed by atoms with E-state index in [2.05, 4.69) is 0 Å². The lowest BCUT2D eigenvalue weighted by molar-refractivity contribution is -0.148. The zero-order chi connectivity index (χ0) is 13.8. The predicted octanol–water partition coefficient (Wildman–Crippen LogP) is 2.14. The molecule has 0 aliphatic carbocycles. The fraction of sp³-hybridized carbons (Fsp3) is 0.286. The van der Waals surface area contributed by atoms with Crippen molar-refractivity contribution < 1.29 is 14.3 Å². The Balaban J connectivity index is 2.67. The zero-order valence-corrected chi connectivity index (χ0v) is 10.8. The smallest absolute Gasteiger partial charge is 0.331 e. The summed E-state index contributed by atoms with van der Waals surface area (Å²) in [5.41, 5.74) is 5.85. The van der Waals surface area contributed by atoms with Crippen molar-refractivity contribution in [2.24, 2.45) is 5.73 Å². The Kier molecular flexibility index (Phi) is 4.26. The number of amides is 1. The maximum Gasteiger partial charge on any atom is 0.331 e. The van der Waals surface area contributed by atoms with Gasteiger partial charge >= 0.3 is 5.97 Å². The lowest BCUT2D eigenvalue weighted by Gasteiger charge is -2.17. The van der Waals surface area contributed by atoms with E-state index in [1.54, 1.807) is 51.1 Å². The lowest BCUT2D eigenvalue weighted by Crippen LogP contribution is -2.22. The molecule has 0 radical (unpaired) electrons. The Morgan fingerprint density at radius 2 is 1.72 bits per heavy atom. The van der Waals surface area contributed by atoms with Gasteiger partial charge in [0.05, 0.1) is 0 Å². The molecule has 0 aliphatic rings. The Labute approximate surface area is 106 Å². The summed E-state index contributed by atoms with van der Waals surface area (Å²) in [7, 11) is 0. The topological polar surface area (TPSA) is 69.4 Å². The van der Waals surface area contributed by atoms with E-state index in [1.165, 1.54) is 6.08 Å². The summed E-state index contributed by atoms with van der Waals surface area (Å²) in [6, 6.07) is 6.64. The van der Waals surface area contributed by atoms with Crippen molar-refractivity contribution in [1.82, 2.24) is 0 Å². The molecule has 1 aromatic rings. The molecular formula is C14H17NO3. The van der Waals surface area contributed by atoms with Gasteiger partial charge in [0.1, 0.15) is 5.60 Å². The van der Waals surface area contributed by atoms with E-state index in [-0.39, 0.29) is 0 Å². The first-order valence-electron chi connectivity index (χ1n) is 5.59. The second-order valence-electron chi connectivity index (χ2n) is 4.85. The lowest BCUT2D eigenvalue weighted by atomic mass is 10.1. The van der Waals surface area contributed by atoms with Gasteiger partial charge in [0.25, 0.3) is 0 Å². The van der Waals surface area contributed by atoms with Gasteiger partial charge in [0.15, 0.2) is 0 Å². The summed E-state index contributed by atoms with van der Waals surface area (Å²) in [6.45, 7) is 5.42. The molecule has 0 saturated heterocycles. The van der Waals surface area contributed by atoms with Crippen molar-refractivity contribution in [3.8, 4) is 0 Å². The third kappa shape index (κ3) is 4.82. The van der Waals surface area contributed by atoms with Crippen LogP contribution in [0.1, 0.15) is 36.7 Å². The largest absolute Gasteiger partial charge is 0.457 e. The van der Waals surface area contributed by atoms with Crippen molar-refractivity contribution in [2.75, 3.05) is 0 Å². The first-order valence-corrected chi connectivity index (χ1v) is 5.59. The highest BCUT2D eigenvalue weighted by Gasteiger charge is 2.13. The second-order valence-corrected chi connectivity index (χ2v) is 4.85. The summed E-state index contributed by atoms with van der Waals surface area (Å²) in [5.74, 6) is -0.876. The molecule has 2 N–H and O–H groups in total. The van der Waals surface area contributed by atoms with Crippen LogP contribution in [0.5, 0.6) is 0 Å². The van der Waals surface area contributed by atoms with Crippen LogP contribution in [0.4, 0.5) is 0 Å². The molecule has 0 atom stereocenters. The van der Waals surface area contributed by atoms with E-state index >= 15 is 0 Å². The van der Waals surface area contributed by atoms with E-state index in [1.807, 2.05) is 0 Å². The second kappa shape index (κ2) is 5.49. The molecule has 0 bridgehead atoms. The van der Waals surface area contributed by atoms with Crippen LogP contribution < -0.4 is 5.73 Å². The number of esters is 1. The molecule has 1 rings (SSSR count). The molecule has 1 amide bonds. The standard InChI is InChI=1S/C14H17NO3/c1-14(2,3)18-12(16)9-6-10-4-7-11(8-5-10)13(15)17/h4-9H,1-3H3,(H2,15,17). The number of hydrogen-bond donors (Lipinski definition) is 1. The summed E-state index contributed by atoms with van der Waals surface area (Å²) >= 11 is 0. The predicted molar refractivity (Wildman–Crippen MR) is 69.8 cm³/mol. The number of carbonyl (C=O) groups is 2. The van der Waals surface area contributed by atoms with Gasteiger partial charge in [-0.05, 0) is 44.5 Å². The molecule has 4 heteroatoms. The average molecular weight is 247 g/mol. The summed E-state index contributed by atoms with van der Waals surface area (Å²) in [4.78, 5) is 22.3. The van der Waals surface area contributed by atoms with E-state index in [0.717, 1.165) is 5.56 Å². The van der Waals surface area contributed by atoms with E-state index in [4.69, 9.17) is 10.5 Å². The third-order valence-corrected chi connectivity index (χ3v) is 2.01. The molecule has 0 aliphatic heterocycles. The van der Waals surface area contributed by atoms with Crippen LogP contribution in [0.25, 0.3) is 6.08 Å². The normalized spacial score (nSPS) is 11.5. The fourth-order valence-electron chi connectivity index (χ4n) is 1.26. The Morgan fingerprint density at radius 1 is 1.17 bits per heavy atom. The Bertz CT molecular complexity index is 467. The van der Waals surface area contributed by atoms with Gasteiger partial charge in [0.2, 0.25) is 5.91 Å². The van der Waals surface area contributed by atoms with Crippen LogP contribution in [0.2, 0.25) is 0 Å². The fourth-order valence-corrected chi connectivity index (χ4v) is 1.26. The maximum absolute atomic E-state index is 11.4. The number of ether oxygens (including phenoxy) is 1. The molecule has 0 spiro atoms. The minimum Gasteiger partial charge on any atom is -0.457 e. The number of carbonyl (C=O) groups excluding carboxylic acids is 2. The minimum absolute atomic E-state index is 0.401. The molecule has 0 unspecified atom stereocenters. The summed E-state index contributed by atoms with van der Waals surface area (Å²) in [6.07, 6.45) is 2.98. The van der Waals surface area contributed by atoms with Crippen LogP contribution in [-0.2, 0) is 9.53 Å². The van der Waals surface area contributed by atoms with Crippen LogP contribution >= 0.6 is 0 Å². The molecule has 0 fully saturated rings. The molecule has 0 saturated carbocycles. The maximum atomic E-state index is 11.4. The highest BCUT2D eigenvalue weighted by Crippen LogP contribution is 2.09. The molecule has 0 aromatic heterocycles. The number of benzene rings is 1. The van der Waals surface area contributed by atoms with Gasteiger partial charge in [-0.2, -0.15) is 0 Å².